The first-order chi connectivity index (χ1) is 8.65. The van der Waals surface area contributed by atoms with Crippen molar-refractivity contribution in [3.05, 3.63) is 55.6 Å². The normalized spacial score (nSPS) is 12.6. The summed E-state index contributed by atoms with van der Waals surface area (Å²) in [5, 5.41) is 3.52. The molecule has 0 fully saturated rings. The summed E-state index contributed by atoms with van der Waals surface area (Å²) in [6, 6.07) is 13.1. The van der Waals surface area contributed by atoms with Crippen LogP contribution in [0, 0.1) is 0 Å². The van der Waals surface area contributed by atoms with Crippen LogP contribution in [0.5, 0.6) is 0 Å². The maximum atomic E-state index is 6.02. The topological polar surface area (TPSA) is 12.0 Å². The molecule has 1 heterocycles. The molecule has 1 atom stereocenters. The molecule has 1 unspecified atom stereocenters. The van der Waals surface area contributed by atoms with Crippen LogP contribution < -0.4 is 5.32 Å². The quantitative estimate of drug-likeness (QED) is 0.814. The molecule has 96 valence electrons. The van der Waals surface area contributed by atoms with Crippen molar-refractivity contribution in [2.75, 3.05) is 0 Å². The van der Waals surface area contributed by atoms with Crippen molar-refractivity contribution in [1.82, 2.24) is 5.32 Å². The van der Waals surface area contributed by atoms with Gasteiger partial charge in [0.15, 0.2) is 0 Å². The van der Waals surface area contributed by atoms with E-state index in [4.69, 9.17) is 11.6 Å². The number of nitrogens with one attached hydrogen (secondary N) is 1. The van der Waals surface area contributed by atoms with Crippen molar-refractivity contribution in [3.8, 4) is 0 Å². The van der Waals surface area contributed by atoms with Crippen LogP contribution in [0.25, 0.3) is 0 Å². The van der Waals surface area contributed by atoms with Gasteiger partial charge in [-0.15, -0.1) is 11.3 Å². The molecule has 0 aliphatic carbocycles. The number of rotatable bonds is 5. The highest BCUT2D eigenvalue weighted by molar-refractivity contribution is 9.10. The van der Waals surface area contributed by atoms with Crippen molar-refractivity contribution in [3.63, 3.8) is 0 Å². The lowest BCUT2D eigenvalue weighted by molar-refractivity contribution is 0.549. The van der Waals surface area contributed by atoms with E-state index < -0.39 is 0 Å². The highest BCUT2D eigenvalue weighted by atomic mass is 79.9. The van der Waals surface area contributed by atoms with Gasteiger partial charge in [0.2, 0.25) is 0 Å². The molecule has 18 heavy (non-hydrogen) atoms. The maximum Gasteiger partial charge on any atom is 0.107 e. The predicted octanol–water partition coefficient (Wildman–Crippen LogP) is 4.88. The van der Waals surface area contributed by atoms with Gasteiger partial charge in [-0.25, -0.2) is 0 Å². The maximum absolute atomic E-state index is 6.02. The lowest BCUT2D eigenvalue weighted by atomic mass is 10.1. The second-order valence-electron chi connectivity index (χ2n) is 4.31. The van der Waals surface area contributed by atoms with Gasteiger partial charge in [-0.2, -0.15) is 0 Å². The van der Waals surface area contributed by atoms with E-state index in [0.717, 1.165) is 21.8 Å². The van der Waals surface area contributed by atoms with E-state index >= 15 is 0 Å². The van der Waals surface area contributed by atoms with E-state index in [9.17, 15) is 0 Å². The molecule has 0 saturated carbocycles. The molecule has 1 aromatic carbocycles. The van der Waals surface area contributed by atoms with E-state index in [1.165, 1.54) is 10.4 Å². The van der Waals surface area contributed by atoms with Crippen LogP contribution in [-0.2, 0) is 13.0 Å². The average molecular weight is 345 g/mol. The second-order valence-corrected chi connectivity index (χ2v) is 6.90. The molecule has 1 aromatic heterocycles. The molecule has 0 spiro atoms. The summed E-state index contributed by atoms with van der Waals surface area (Å²) in [6.07, 6.45) is 1.04. The van der Waals surface area contributed by atoms with Crippen LogP contribution in [-0.4, -0.2) is 6.04 Å². The Bertz CT molecular complexity index is 478. The van der Waals surface area contributed by atoms with Gasteiger partial charge in [-0.1, -0.05) is 41.9 Å². The summed E-state index contributed by atoms with van der Waals surface area (Å²) in [6.45, 7) is 3.07. The third-order valence-electron chi connectivity index (χ3n) is 2.71. The standard InChI is InChI=1S/C14H15BrClNS/c1-10(7-11-5-3-2-4-6-11)17-9-12-8-13(15)14(16)18-12/h2-6,8,10,17H,7,9H2,1H3. The molecule has 0 aliphatic rings. The average Bonchev–Trinajstić information content (AvgIpc) is 2.68. The van der Waals surface area contributed by atoms with Gasteiger partial charge >= 0.3 is 0 Å². The molecule has 1 nitrogen and oxygen atoms in total. The third-order valence-corrected chi connectivity index (χ3v) is 5.18. The summed E-state index contributed by atoms with van der Waals surface area (Å²) in [4.78, 5) is 1.26. The number of halogens is 2. The van der Waals surface area contributed by atoms with Gasteiger partial charge in [-0.05, 0) is 40.9 Å². The molecular formula is C14H15BrClNS. The van der Waals surface area contributed by atoms with Gasteiger partial charge in [0.25, 0.3) is 0 Å². The smallest absolute Gasteiger partial charge is 0.107 e. The Hall–Kier alpha value is -0.350. The lowest BCUT2D eigenvalue weighted by Crippen LogP contribution is -2.27. The van der Waals surface area contributed by atoms with E-state index in [2.05, 4.69) is 58.5 Å². The lowest BCUT2D eigenvalue weighted by Gasteiger charge is -2.13. The van der Waals surface area contributed by atoms with Crippen LogP contribution in [0.3, 0.4) is 0 Å². The van der Waals surface area contributed by atoms with Gasteiger partial charge in [-0.3, -0.25) is 0 Å². The molecule has 0 saturated heterocycles. The fraction of sp³-hybridized carbons (Fsp3) is 0.286. The SMILES string of the molecule is CC(Cc1ccccc1)NCc1cc(Br)c(Cl)s1. The highest BCUT2D eigenvalue weighted by Gasteiger charge is 2.07. The summed E-state index contributed by atoms with van der Waals surface area (Å²) in [7, 11) is 0. The van der Waals surface area contributed by atoms with Crippen molar-refractivity contribution in [2.45, 2.75) is 25.9 Å². The minimum atomic E-state index is 0.451. The molecule has 0 radical (unpaired) electrons. The summed E-state index contributed by atoms with van der Waals surface area (Å²) in [5.74, 6) is 0. The summed E-state index contributed by atoms with van der Waals surface area (Å²) < 4.78 is 1.81. The monoisotopic (exact) mass is 343 g/mol. The van der Waals surface area contributed by atoms with Crippen LogP contribution in [0.4, 0.5) is 0 Å². The van der Waals surface area contributed by atoms with Crippen molar-refractivity contribution >= 4 is 38.9 Å². The first kappa shape index (κ1) is 14.1. The Balaban J connectivity index is 1.83. The number of benzene rings is 1. The first-order valence-electron chi connectivity index (χ1n) is 5.86. The highest BCUT2D eigenvalue weighted by Crippen LogP contribution is 2.31. The Morgan fingerprint density at radius 3 is 2.67 bits per heavy atom. The minimum absolute atomic E-state index is 0.451. The number of thiophene rings is 1. The zero-order valence-electron chi connectivity index (χ0n) is 10.1. The molecule has 2 rings (SSSR count). The van der Waals surface area contributed by atoms with E-state index in [1.807, 2.05) is 6.07 Å². The molecule has 0 amide bonds. The first-order valence-corrected chi connectivity index (χ1v) is 7.85. The molecule has 1 N–H and O–H groups in total. The van der Waals surface area contributed by atoms with Gasteiger partial charge < -0.3 is 5.32 Å². The Kier molecular flexibility index (Phi) is 5.25. The molecule has 4 heteroatoms. The van der Waals surface area contributed by atoms with Crippen molar-refractivity contribution in [2.24, 2.45) is 0 Å². The Morgan fingerprint density at radius 1 is 1.33 bits per heavy atom. The molecule has 0 aliphatic heterocycles. The van der Waals surface area contributed by atoms with Gasteiger partial charge in [0, 0.05) is 21.9 Å². The zero-order valence-corrected chi connectivity index (χ0v) is 13.3. The molecule has 2 aromatic rings. The molecule has 0 bridgehead atoms. The van der Waals surface area contributed by atoms with Crippen LogP contribution in [0.2, 0.25) is 4.34 Å². The van der Waals surface area contributed by atoms with Crippen molar-refractivity contribution < 1.29 is 0 Å². The Morgan fingerprint density at radius 2 is 2.06 bits per heavy atom. The number of hydrogen-bond acceptors (Lipinski definition) is 2. The van der Waals surface area contributed by atoms with Crippen LogP contribution in [0.15, 0.2) is 40.9 Å². The number of hydrogen-bond donors (Lipinski definition) is 1. The zero-order chi connectivity index (χ0) is 13.0. The van der Waals surface area contributed by atoms with Gasteiger partial charge in [0.1, 0.15) is 4.34 Å². The fourth-order valence-corrected chi connectivity index (χ4v) is 3.53. The largest absolute Gasteiger partial charge is 0.309 e. The van der Waals surface area contributed by atoms with Crippen molar-refractivity contribution in [1.29, 1.82) is 0 Å². The van der Waals surface area contributed by atoms with Gasteiger partial charge in [0.05, 0.1) is 0 Å². The second kappa shape index (κ2) is 6.71. The summed E-state index contributed by atoms with van der Waals surface area (Å²) in [5.41, 5.74) is 1.36. The summed E-state index contributed by atoms with van der Waals surface area (Å²) >= 11 is 11.1. The van der Waals surface area contributed by atoms with E-state index in [1.54, 1.807) is 11.3 Å². The Labute approximate surface area is 125 Å². The van der Waals surface area contributed by atoms with E-state index in [-0.39, 0.29) is 0 Å². The fourth-order valence-electron chi connectivity index (χ4n) is 1.79. The predicted molar refractivity (Wildman–Crippen MR) is 83.5 cm³/mol. The van der Waals surface area contributed by atoms with Crippen LogP contribution in [0.1, 0.15) is 17.4 Å². The van der Waals surface area contributed by atoms with Crippen LogP contribution >= 0.6 is 38.9 Å². The third kappa shape index (κ3) is 4.09. The molecular weight excluding hydrogens is 330 g/mol. The minimum Gasteiger partial charge on any atom is -0.309 e. The van der Waals surface area contributed by atoms with E-state index in [0.29, 0.717) is 6.04 Å².